The number of halogens is 2. The Morgan fingerprint density at radius 1 is 1.45 bits per heavy atom. The molecule has 0 aromatic heterocycles. The van der Waals surface area contributed by atoms with Crippen molar-refractivity contribution in [3.63, 3.8) is 0 Å². The van der Waals surface area contributed by atoms with Gasteiger partial charge in [-0.15, -0.1) is 23.2 Å². The van der Waals surface area contributed by atoms with Crippen molar-refractivity contribution in [1.29, 1.82) is 5.26 Å². The fourth-order valence-corrected chi connectivity index (χ4v) is 2.75. The second-order valence-corrected chi connectivity index (χ2v) is 5.86. The topological polar surface area (TPSA) is 42.2 Å². The van der Waals surface area contributed by atoms with Crippen LogP contribution < -0.4 is 0 Å². The Labute approximate surface area is 129 Å². The predicted molar refractivity (Wildman–Crippen MR) is 78.9 cm³/mol. The van der Waals surface area contributed by atoms with Gasteiger partial charge in [0.05, 0.1) is 30.6 Å². The van der Waals surface area contributed by atoms with Gasteiger partial charge in [0, 0.05) is 0 Å². The number of hydrogen-bond donors (Lipinski definition) is 0. The molecule has 0 aliphatic carbocycles. The highest BCUT2D eigenvalue weighted by molar-refractivity contribution is 6.30. The largest absolute Gasteiger partial charge is 0.351 e. The van der Waals surface area contributed by atoms with E-state index in [1.165, 1.54) is 0 Å². The Bertz CT molecular complexity index is 489. The molecule has 0 spiro atoms. The lowest BCUT2D eigenvalue weighted by Gasteiger charge is -2.33. The van der Waals surface area contributed by atoms with Gasteiger partial charge in [-0.1, -0.05) is 24.3 Å². The summed E-state index contributed by atoms with van der Waals surface area (Å²) in [6.07, 6.45) is 0.373. The SMILES string of the molecule is CC(OC1OCCC(Cl)C1Cl)c1ccccc1CC#N. The zero-order valence-corrected chi connectivity index (χ0v) is 12.8. The van der Waals surface area contributed by atoms with Gasteiger partial charge in [0.25, 0.3) is 0 Å². The van der Waals surface area contributed by atoms with E-state index in [1.54, 1.807) is 0 Å². The van der Waals surface area contributed by atoms with Crippen LogP contribution >= 0.6 is 23.2 Å². The Morgan fingerprint density at radius 3 is 2.95 bits per heavy atom. The standard InChI is InChI=1S/C15H17Cl2NO2/c1-10(12-5-3-2-4-11(12)6-8-18)20-15-14(17)13(16)7-9-19-15/h2-5,10,13-15H,6-7,9H2,1H3. The highest BCUT2D eigenvalue weighted by Gasteiger charge is 2.33. The van der Waals surface area contributed by atoms with Crippen molar-refractivity contribution in [2.45, 2.75) is 42.9 Å². The molecule has 0 bridgehead atoms. The van der Waals surface area contributed by atoms with E-state index in [9.17, 15) is 0 Å². The molecule has 1 aromatic rings. The maximum Gasteiger partial charge on any atom is 0.176 e. The zero-order chi connectivity index (χ0) is 14.5. The lowest BCUT2D eigenvalue weighted by Crippen LogP contribution is -2.40. The summed E-state index contributed by atoms with van der Waals surface area (Å²) in [6, 6.07) is 9.90. The van der Waals surface area contributed by atoms with Gasteiger partial charge in [-0.2, -0.15) is 5.26 Å². The number of benzene rings is 1. The number of ether oxygens (including phenoxy) is 2. The number of nitrogens with zero attached hydrogens (tertiary/aromatic N) is 1. The third-order valence-electron chi connectivity index (χ3n) is 3.38. The summed E-state index contributed by atoms with van der Waals surface area (Å²) in [5.41, 5.74) is 1.95. The first-order chi connectivity index (χ1) is 9.63. The molecule has 0 saturated carbocycles. The minimum atomic E-state index is -0.516. The maximum absolute atomic E-state index is 8.87. The lowest BCUT2D eigenvalue weighted by molar-refractivity contribution is -0.182. The number of alkyl halides is 2. The second-order valence-electron chi connectivity index (χ2n) is 4.80. The molecule has 1 aromatic carbocycles. The Balaban J connectivity index is 2.08. The van der Waals surface area contributed by atoms with Crippen LogP contribution in [0.2, 0.25) is 0 Å². The fraction of sp³-hybridized carbons (Fsp3) is 0.533. The van der Waals surface area contributed by atoms with Crippen LogP contribution in [0.25, 0.3) is 0 Å². The van der Waals surface area contributed by atoms with Gasteiger partial charge in [0.1, 0.15) is 5.38 Å². The van der Waals surface area contributed by atoms with E-state index >= 15 is 0 Å². The second kappa shape index (κ2) is 7.28. The molecule has 20 heavy (non-hydrogen) atoms. The molecule has 0 amide bonds. The quantitative estimate of drug-likeness (QED) is 0.794. The summed E-state index contributed by atoms with van der Waals surface area (Å²) in [6.45, 7) is 2.48. The van der Waals surface area contributed by atoms with Crippen molar-refractivity contribution in [1.82, 2.24) is 0 Å². The Kier molecular flexibility index (Phi) is 5.68. The van der Waals surface area contributed by atoms with E-state index in [4.69, 9.17) is 37.9 Å². The highest BCUT2D eigenvalue weighted by atomic mass is 35.5. The van der Waals surface area contributed by atoms with Crippen LogP contribution in [0.5, 0.6) is 0 Å². The van der Waals surface area contributed by atoms with Crippen molar-refractivity contribution in [2.24, 2.45) is 0 Å². The van der Waals surface area contributed by atoms with Crippen molar-refractivity contribution in [3.8, 4) is 6.07 Å². The molecule has 4 unspecified atom stereocenters. The fourth-order valence-electron chi connectivity index (χ4n) is 2.28. The summed E-state index contributed by atoms with van der Waals surface area (Å²) in [5.74, 6) is 0. The molecule has 0 radical (unpaired) electrons. The molecular formula is C15H17Cl2NO2. The molecule has 1 saturated heterocycles. The van der Waals surface area contributed by atoms with E-state index in [2.05, 4.69) is 6.07 Å². The molecule has 3 nitrogen and oxygen atoms in total. The normalized spacial score (nSPS) is 27.8. The Morgan fingerprint density at radius 2 is 2.20 bits per heavy atom. The summed E-state index contributed by atoms with van der Waals surface area (Å²) >= 11 is 12.4. The molecule has 4 atom stereocenters. The molecule has 1 fully saturated rings. The monoisotopic (exact) mass is 313 g/mol. The summed E-state index contributed by atoms with van der Waals surface area (Å²) in [5, 5.41) is 8.36. The van der Waals surface area contributed by atoms with E-state index in [-0.39, 0.29) is 16.9 Å². The van der Waals surface area contributed by atoms with Crippen LogP contribution in [0, 0.1) is 11.3 Å². The van der Waals surface area contributed by atoms with Crippen LogP contribution in [-0.2, 0) is 15.9 Å². The van der Waals surface area contributed by atoms with Crippen LogP contribution in [0.3, 0.4) is 0 Å². The van der Waals surface area contributed by atoms with Gasteiger partial charge < -0.3 is 9.47 Å². The number of nitriles is 1. The average Bonchev–Trinajstić information content (AvgIpc) is 2.45. The van der Waals surface area contributed by atoms with Crippen LogP contribution in [-0.4, -0.2) is 23.7 Å². The zero-order valence-electron chi connectivity index (χ0n) is 11.3. The summed E-state index contributed by atoms with van der Waals surface area (Å²) < 4.78 is 11.4. The molecule has 1 aliphatic rings. The van der Waals surface area contributed by atoms with E-state index in [0.717, 1.165) is 17.5 Å². The maximum atomic E-state index is 8.87. The minimum absolute atomic E-state index is 0.142. The molecule has 0 N–H and O–H groups in total. The van der Waals surface area contributed by atoms with Crippen LogP contribution in [0.4, 0.5) is 0 Å². The van der Waals surface area contributed by atoms with E-state index in [1.807, 2.05) is 31.2 Å². The first-order valence-corrected chi connectivity index (χ1v) is 7.50. The highest BCUT2D eigenvalue weighted by Crippen LogP contribution is 2.30. The van der Waals surface area contributed by atoms with E-state index in [0.29, 0.717) is 13.0 Å². The molecule has 1 heterocycles. The van der Waals surface area contributed by atoms with Gasteiger partial charge in [-0.25, -0.2) is 0 Å². The molecule has 108 valence electrons. The number of hydrogen-bond acceptors (Lipinski definition) is 3. The van der Waals surface area contributed by atoms with Crippen molar-refractivity contribution in [2.75, 3.05) is 6.61 Å². The Hall–Kier alpha value is -0.790. The van der Waals surface area contributed by atoms with Gasteiger partial charge >= 0.3 is 0 Å². The average molecular weight is 314 g/mol. The summed E-state index contributed by atoms with van der Waals surface area (Å²) in [4.78, 5) is 0. The van der Waals surface area contributed by atoms with E-state index < -0.39 is 6.29 Å². The van der Waals surface area contributed by atoms with Crippen molar-refractivity contribution < 1.29 is 9.47 Å². The number of rotatable bonds is 4. The van der Waals surface area contributed by atoms with Crippen LogP contribution in [0.15, 0.2) is 24.3 Å². The molecular weight excluding hydrogens is 297 g/mol. The smallest absolute Gasteiger partial charge is 0.176 e. The van der Waals surface area contributed by atoms with Gasteiger partial charge in [0.2, 0.25) is 0 Å². The van der Waals surface area contributed by atoms with Gasteiger partial charge in [0.15, 0.2) is 6.29 Å². The lowest BCUT2D eigenvalue weighted by atomic mass is 10.0. The van der Waals surface area contributed by atoms with Crippen LogP contribution in [0.1, 0.15) is 30.6 Å². The molecule has 5 heteroatoms. The molecule has 1 aliphatic heterocycles. The summed E-state index contributed by atoms with van der Waals surface area (Å²) in [7, 11) is 0. The third-order valence-corrected chi connectivity index (χ3v) is 4.51. The first-order valence-electron chi connectivity index (χ1n) is 6.63. The first kappa shape index (κ1) is 15.6. The predicted octanol–water partition coefficient (Wildman–Crippen LogP) is 3.79. The third kappa shape index (κ3) is 3.65. The van der Waals surface area contributed by atoms with Gasteiger partial charge in [-0.05, 0) is 24.5 Å². The van der Waals surface area contributed by atoms with Crippen molar-refractivity contribution in [3.05, 3.63) is 35.4 Å². The van der Waals surface area contributed by atoms with Crippen molar-refractivity contribution >= 4 is 23.2 Å². The van der Waals surface area contributed by atoms with Gasteiger partial charge in [-0.3, -0.25) is 0 Å². The minimum Gasteiger partial charge on any atom is -0.351 e. The molecule has 2 rings (SSSR count).